The van der Waals surface area contributed by atoms with Gasteiger partial charge in [0, 0.05) is 38.2 Å². The van der Waals surface area contributed by atoms with Crippen LogP contribution in [0.2, 0.25) is 0 Å². The molecule has 3 rings (SSSR count). The number of ether oxygens (including phenoxy) is 1. The minimum absolute atomic E-state index is 0.0305. The molecule has 2 saturated heterocycles. The van der Waals surface area contributed by atoms with Crippen molar-refractivity contribution in [3.8, 4) is 0 Å². The molecule has 22 heavy (non-hydrogen) atoms. The van der Waals surface area contributed by atoms with Crippen molar-refractivity contribution in [3.05, 3.63) is 11.8 Å². The third kappa shape index (κ3) is 3.64. The van der Waals surface area contributed by atoms with Crippen LogP contribution in [0.5, 0.6) is 0 Å². The smallest absolute Gasteiger partial charge is 0.224 e. The molecule has 0 aliphatic carbocycles. The molecule has 0 radical (unpaired) electrons. The molecule has 0 saturated carbocycles. The highest BCUT2D eigenvalue weighted by Crippen LogP contribution is 2.28. The van der Waals surface area contributed by atoms with Gasteiger partial charge >= 0.3 is 0 Å². The number of rotatable bonds is 5. The van der Waals surface area contributed by atoms with E-state index < -0.39 is 6.17 Å². The van der Waals surface area contributed by atoms with E-state index in [1.165, 1.54) is 0 Å². The molecule has 2 aliphatic heterocycles. The molecular weight excluding hydrogens is 287 g/mol. The van der Waals surface area contributed by atoms with Crippen LogP contribution in [0.15, 0.2) is 6.07 Å². The molecule has 7 heteroatoms. The van der Waals surface area contributed by atoms with E-state index in [9.17, 15) is 4.39 Å². The first-order valence-electron chi connectivity index (χ1n) is 7.96. The van der Waals surface area contributed by atoms with E-state index in [-0.39, 0.29) is 12.5 Å². The molecule has 0 aromatic carbocycles. The minimum Gasteiger partial charge on any atom is -0.395 e. The summed E-state index contributed by atoms with van der Waals surface area (Å²) in [5, 5.41) is 12.0. The minimum atomic E-state index is -0.701. The zero-order valence-corrected chi connectivity index (χ0v) is 12.7. The van der Waals surface area contributed by atoms with E-state index in [1.54, 1.807) is 0 Å². The first-order valence-corrected chi connectivity index (χ1v) is 7.96. The number of nitrogens with one attached hydrogen (secondary N) is 1. The summed E-state index contributed by atoms with van der Waals surface area (Å²) in [6.07, 6.45) is 1.35. The summed E-state index contributed by atoms with van der Waals surface area (Å²) in [5.74, 6) is 1.65. The Morgan fingerprint density at radius 1 is 1.32 bits per heavy atom. The van der Waals surface area contributed by atoms with Gasteiger partial charge in [-0.25, -0.2) is 9.37 Å². The van der Waals surface area contributed by atoms with Gasteiger partial charge in [-0.2, -0.15) is 4.98 Å². The molecule has 1 aromatic heterocycles. The van der Waals surface area contributed by atoms with Crippen LogP contribution in [0.3, 0.4) is 0 Å². The van der Waals surface area contributed by atoms with E-state index in [0.29, 0.717) is 45.0 Å². The van der Waals surface area contributed by atoms with Crippen molar-refractivity contribution >= 4 is 11.8 Å². The predicted molar refractivity (Wildman–Crippen MR) is 82.1 cm³/mol. The maximum Gasteiger partial charge on any atom is 0.224 e. The third-order valence-corrected chi connectivity index (χ3v) is 4.22. The molecule has 122 valence electrons. The van der Waals surface area contributed by atoms with E-state index in [0.717, 1.165) is 24.5 Å². The van der Waals surface area contributed by atoms with Crippen molar-refractivity contribution < 1.29 is 14.2 Å². The lowest BCUT2D eigenvalue weighted by Gasteiger charge is -2.30. The highest BCUT2D eigenvalue weighted by molar-refractivity contribution is 5.46. The largest absolute Gasteiger partial charge is 0.395 e. The maximum atomic E-state index is 13.3. The van der Waals surface area contributed by atoms with Gasteiger partial charge in [0.1, 0.15) is 12.0 Å². The molecule has 6 nitrogen and oxygen atoms in total. The first-order chi connectivity index (χ1) is 10.8. The van der Waals surface area contributed by atoms with Crippen LogP contribution in [0.25, 0.3) is 0 Å². The topological polar surface area (TPSA) is 70.5 Å². The Hall–Kier alpha value is -1.47. The van der Waals surface area contributed by atoms with Crippen molar-refractivity contribution in [1.82, 2.24) is 9.97 Å². The van der Waals surface area contributed by atoms with Gasteiger partial charge in [0.2, 0.25) is 5.95 Å². The Kier molecular flexibility index (Phi) is 5.04. The maximum absolute atomic E-state index is 13.3. The number of anilines is 2. The molecule has 0 unspecified atom stereocenters. The molecule has 3 heterocycles. The number of aliphatic hydroxyl groups is 1. The van der Waals surface area contributed by atoms with Crippen LogP contribution in [0.4, 0.5) is 16.2 Å². The number of piperidine rings is 1. The van der Waals surface area contributed by atoms with Crippen molar-refractivity contribution in [2.24, 2.45) is 0 Å². The van der Waals surface area contributed by atoms with Gasteiger partial charge in [0.05, 0.1) is 18.9 Å². The molecule has 0 spiro atoms. The fraction of sp³-hybridized carbons (Fsp3) is 0.733. The van der Waals surface area contributed by atoms with Crippen LogP contribution < -0.4 is 10.2 Å². The van der Waals surface area contributed by atoms with Gasteiger partial charge in [0.25, 0.3) is 0 Å². The van der Waals surface area contributed by atoms with Crippen LogP contribution >= 0.6 is 0 Å². The van der Waals surface area contributed by atoms with Crippen molar-refractivity contribution in [1.29, 1.82) is 0 Å². The Morgan fingerprint density at radius 2 is 2.14 bits per heavy atom. The average molecular weight is 310 g/mol. The van der Waals surface area contributed by atoms with Gasteiger partial charge in [-0.3, -0.25) is 0 Å². The van der Waals surface area contributed by atoms with E-state index in [1.807, 2.05) is 6.07 Å². The molecule has 1 aromatic rings. The Bertz CT molecular complexity index is 488. The molecule has 2 aliphatic rings. The van der Waals surface area contributed by atoms with Crippen molar-refractivity contribution in [2.75, 3.05) is 49.7 Å². The average Bonchev–Trinajstić information content (AvgIpc) is 3.08. The second-order valence-electron chi connectivity index (χ2n) is 5.85. The third-order valence-electron chi connectivity index (χ3n) is 4.22. The lowest BCUT2D eigenvalue weighted by atomic mass is 10.0. The number of nitrogens with zero attached hydrogens (tertiary/aromatic N) is 3. The van der Waals surface area contributed by atoms with Gasteiger partial charge in [-0.1, -0.05) is 0 Å². The first kappa shape index (κ1) is 15.4. The van der Waals surface area contributed by atoms with E-state index in [2.05, 4.69) is 20.2 Å². The molecule has 0 bridgehead atoms. The van der Waals surface area contributed by atoms with Gasteiger partial charge in [-0.15, -0.1) is 0 Å². The normalized spacial score (nSPS) is 23.0. The monoisotopic (exact) mass is 310 g/mol. The lowest BCUT2D eigenvalue weighted by molar-refractivity contribution is 0.193. The zero-order valence-electron chi connectivity index (χ0n) is 12.7. The lowest BCUT2D eigenvalue weighted by Crippen LogP contribution is -2.35. The Balaban J connectivity index is 1.81. The number of aliphatic hydroxyl groups excluding tert-OH is 1. The number of alkyl halides is 1. The standard InChI is InChI=1S/C15H23FN4O2/c16-12-1-5-20(6-2-12)14-9-13(11-3-8-22-10-11)18-15(19-14)17-4-7-21/h9,11-12,21H,1-8,10H2,(H,17,18,19)/t11-/m1/s1. The molecular formula is C15H23FN4O2. The number of halogens is 1. The molecule has 0 amide bonds. The summed E-state index contributed by atoms with van der Waals surface area (Å²) < 4.78 is 18.8. The number of hydrogen-bond acceptors (Lipinski definition) is 6. The summed E-state index contributed by atoms with van der Waals surface area (Å²) in [6, 6.07) is 2.00. The van der Waals surface area contributed by atoms with Crippen LogP contribution in [-0.2, 0) is 4.74 Å². The second-order valence-corrected chi connectivity index (χ2v) is 5.85. The van der Waals surface area contributed by atoms with Crippen LogP contribution in [0, 0.1) is 0 Å². The Labute approximate surface area is 129 Å². The van der Waals surface area contributed by atoms with Crippen molar-refractivity contribution in [2.45, 2.75) is 31.4 Å². The zero-order chi connectivity index (χ0) is 15.4. The second kappa shape index (κ2) is 7.19. The fourth-order valence-corrected chi connectivity index (χ4v) is 2.92. The van der Waals surface area contributed by atoms with Crippen molar-refractivity contribution in [3.63, 3.8) is 0 Å². The van der Waals surface area contributed by atoms with Gasteiger partial charge in [0.15, 0.2) is 0 Å². The number of hydrogen-bond donors (Lipinski definition) is 2. The molecule has 2 fully saturated rings. The van der Waals surface area contributed by atoms with E-state index >= 15 is 0 Å². The summed E-state index contributed by atoms with van der Waals surface area (Å²) in [6.45, 7) is 3.24. The predicted octanol–water partition coefficient (Wildman–Crippen LogP) is 1.32. The molecule has 1 atom stereocenters. The SMILES string of the molecule is OCCNc1nc([C@@H]2CCOC2)cc(N2CCC(F)CC2)n1. The summed E-state index contributed by atoms with van der Waals surface area (Å²) in [5.41, 5.74) is 0.963. The summed E-state index contributed by atoms with van der Waals surface area (Å²) >= 11 is 0. The van der Waals surface area contributed by atoms with E-state index in [4.69, 9.17) is 9.84 Å². The van der Waals surface area contributed by atoms with Gasteiger partial charge < -0.3 is 20.1 Å². The van der Waals surface area contributed by atoms with Gasteiger partial charge in [-0.05, 0) is 19.3 Å². The highest BCUT2D eigenvalue weighted by atomic mass is 19.1. The fourth-order valence-electron chi connectivity index (χ4n) is 2.92. The summed E-state index contributed by atoms with van der Waals surface area (Å²) in [4.78, 5) is 11.2. The van der Waals surface area contributed by atoms with Crippen LogP contribution in [-0.4, -0.2) is 60.7 Å². The number of aromatic nitrogens is 2. The molecule has 2 N–H and O–H groups in total. The van der Waals surface area contributed by atoms with Crippen LogP contribution in [0.1, 0.15) is 30.9 Å². The summed E-state index contributed by atoms with van der Waals surface area (Å²) in [7, 11) is 0. The Morgan fingerprint density at radius 3 is 2.82 bits per heavy atom. The highest BCUT2D eigenvalue weighted by Gasteiger charge is 2.24. The quantitative estimate of drug-likeness (QED) is 0.855.